The molecule has 0 saturated carbocycles. The van der Waals surface area contributed by atoms with Crippen LogP contribution in [0.15, 0.2) is 6.33 Å². The van der Waals surface area contributed by atoms with Crippen molar-refractivity contribution in [1.82, 2.24) is 9.97 Å². The lowest BCUT2D eigenvalue weighted by Crippen LogP contribution is -2.33. The van der Waals surface area contributed by atoms with E-state index in [-0.39, 0.29) is 12.6 Å². The molecule has 1 aliphatic rings. The van der Waals surface area contributed by atoms with Gasteiger partial charge in [-0.25, -0.2) is 9.97 Å². The molecule has 1 unspecified atom stereocenters. The zero-order valence-electron chi connectivity index (χ0n) is 9.36. The Hall–Kier alpha value is -0.870. The fourth-order valence-electron chi connectivity index (χ4n) is 2.24. The maximum absolute atomic E-state index is 9.31. The maximum Gasteiger partial charge on any atom is 0.137 e. The van der Waals surface area contributed by atoms with Gasteiger partial charge in [0.1, 0.15) is 17.3 Å². The number of aliphatic hydroxyl groups is 1. The molecule has 1 aromatic heterocycles. The fraction of sp³-hybridized carbons (Fsp3) is 0.636. The Morgan fingerprint density at radius 2 is 2.38 bits per heavy atom. The van der Waals surface area contributed by atoms with E-state index in [0.717, 1.165) is 37.2 Å². The van der Waals surface area contributed by atoms with Crippen LogP contribution in [0.2, 0.25) is 5.15 Å². The number of aromatic nitrogens is 2. The first-order chi connectivity index (χ1) is 7.77. The average Bonchev–Trinajstić information content (AvgIpc) is 2.76. The molecule has 2 rings (SSSR count). The Morgan fingerprint density at radius 3 is 3.06 bits per heavy atom. The zero-order valence-corrected chi connectivity index (χ0v) is 10.1. The van der Waals surface area contributed by atoms with Gasteiger partial charge in [0.2, 0.25) is 0 Å². The van der Waals surface area contributed by atoms with E-state index in [1.54, 1.807) is 0 Å². The summed E-state index contributed by atoms with van der Waals surface area (Å²) in [7, 11) is 0. The van der Waals surface area contributed by atoms with Gasteiger partial charge in [0.25, 0.3) is 0 Å². The van der Waals surface area contributed by atoms with Crippen LogP contribution in [0.4, 0.5) is 5.82 Å². The summed E-state index contributed by atoms with van der Waals surface area (Å²) in [6, 6.07) is 0.177. The van der Waals surface area contributed by atoms with E-state index in [9.17, 15) is 5.11 Å². The van der Waals surface area contributed by atoms with Crippen LogP contribution < -0.4 is 4.90 Å². The van der Waals surface area contributed by atoms with E-state index in [1.807, 2.05) is 6.92 Å². The summed E-state index contributed by atoms with van der Waals surface area (Å²) in [4.78, 5) is 10.5. The van der Waals surface area contributed by atoms with E-state index < -0.39 is 0 Å². The van der Waals surface area contributed by atoms with Crippen molar-refractivity contribution < 1.29 is 5.11 Å². The van der Waals surface area contributed by atoms with E-state index in [2.05, 4.69) is 14.9 Å². The van der Waals surface area contributed by atoms with Gasteiger partial charge in [0.05, 0.1) is 12.6 Å². The van der Waals surface area contributed by atoms with Crippen LogP contribution in [0.25, 0.3) is 0 Å². The molecule has 0 aromatic carbocycles. The van der Waals surface area contributed by atoms with Crippen LogP contribution in [-0.4, -0.2) is 34.3 Å². The molecule has 88 valence electrons. The molecule has 5 heteroatoms. The Kier molecular flexibility index (Phi) is 3.61. The quantitative estimate of drug-likeness (QED) is 0.818. The lowest BCUT2D eigenvalue weighted by Gasteiger charge is -2.26. The minimum absolute atomic E-state index is 0.171. The van der Waals surface area contributed by atoms with Gasteiger partial charge in [-0.05, 0) is 19.3 Å². The van der Waals surface area contributed by atoms with Crippen LogP contribution in [0.3, 0.4) is 0 Å². The summed E-state index contributed by atoms with van der Waals surface area (Å²) >= 11 is 6.06. The summed E-state index contributed by atoms with van der Waals surface area (Å²) in [5.41, 5.74) is 0.976. The molecule has 1 aliphatic heterocycles. The van der Waals surface area contributed by atoms with Gasteiger partial charge < -0.3 is 10.0 Å². The highest BCUT2D eigenvalue weighted by Gasteiger charge is 2.27. The minimum atomic E-state index is 0.171. The molecule has 1 fully saturated rings. The number of hydrogen-bond acceptors (Lipinski definition) is 4. The first-order valence-electron chi connectivity index (χ1n) is 5.64. The van der Waals surface area contributed by atoms with Crippen LogP contribution in [0.1, 0.15) is 25.3 Å². The summed E-state index contributed by atoms with van der Waals surface area (Å²) in [5, 5.41) is 9.84. The molecule has 0 aliphatic carbocycles. The fourth-order valence-corrected chi connectivity index (χ4v) is 2.50. The third-order valence-corrected chi connectivity index (χ3v) is 3.41. The van der Waals surface area contributed by atoms with Gasteiger partial charge in [0.15, 0.2) is 0 Å². The first-order valence-corrected chi connectivity index (χ1v) is 6.02. The second-order valence-electron chi connectivity index (χ2n) is 3.99. The van der Waals surface area contributed by atoms with E-state index in [0.29, 0.717) is 5.15 Å². The molecule has 2 heterocycles. The molecule has 16 heavy (non-hydrogen) atoms. The second kappa shape index (κ2) is 4.97. The predicted molar refractivity (Wildman–Crippen MR) is 63.9 cm³/mol. The molecule has 0 spiro atoms. The number of halogens is 1. The van der Waals surface area contributed by atoms with E-state index in [1.165, 1.54) is 6.33 Å². The summed E-state index contributed by atoms with van der Waals surface area (Å²) in [6.07, 6.45) is 4.41. The number of nitrogens with zero attached hydrogens (tertiary/aromatic N) is 3. The summed E-state index contributed by atoms with van der Waals surface area (Å²) in [6.45, 7) is 3.15. The summed E-state index contributed by atoms with van der Waals surface area (Å²) < 4.78 is 0. The largest absolute Gasteiger partial charge is 0.394 e. The lowest BCUT2D eigenvalue weighted by molar-refractivity contribution is 0.266. The third kappa shape index (κ3) is 1.99. The number of rotatable bonds is 3. The number of aliphatic hydroxyl groups excluding tert-OH is 1. The third-order valence-electron chi connectivity index (χ3n) is 3.08. The molecule has 0 radical (unpaired) electrons. The van der Waals surface area contributed by atoms with Crippen molar-refractivity contribution >= 4 is 17.4 Å². The molecule has 4 nitrogen and oxygen atoms in total. The van der Waals surface area contributed by atoms with Gasteiger partial charge in [-0.1, -0.05) is 18.5 Å². The Morgan fingerprint density at radius 1 is 1.56 bits per heavy atom. The van der Waals surface area contributed by atoms with Crippen molar-refractivity contribution in [2.24, 2.45) is 0 Å². The monoisotopic (exact) mass is 241 g/mol. The highest BCUT2D eigenvalue weighted by molar-refractivity contribution is 6.30. The maximum atomic E-state index is 9.31. The normalized spacial score (nSPS) is 20.4. The Labute approximate surface area is 100 Å². The van der Waals surface area contributed by atoms with Crippen LogP contribution in [0, 0.1) is 0 Å². The predicted octanol–water partition coefficient (Wildman–Crippen LogP) is 1.65. The smallest absolute Gasteiger partial charge is 0.137 e. The van der Waals surface area contributed by atoms with Crippen LogP contribution in [-0.2, 0) is 6.42 Å². The van der Waals surface area contributed by atoms with Crippen LogP contribution >= 0.6 is 11.6 Å². The molecule has 1 saturated heterocycles. The highest BCUT2D eigenvalue weighted by Crippen LogP contribution is 2.29. The topological polar surface area (TPSA) is 49.2 Å². The van der Waals surface area contributed by atoms with Crippen LogP contribution in [0.5, 0.6) is 0 Å². The Balaban J connectivity index is 2.35. The molecule has 0 bridgehead atoms. The molecular formula is C11H16ClN3O. The first kappa shape index (κ1) is 11.6. The standard InChI is InChI=1S/C11H16ClN3O/c1-2-9-10(12)13-7-14-11(9)15-5-3-4-8(15)6-16/h7-8,16H,2-6H2,1H3. The lowest BCUT2D eigenvalue weighted by atomic mass is 10.2. The highest BCUT2D eigenvalue weighted by atomic mass is 35.5. The van der Waals surface area contributed by atoms with E-state index >= 15 is 0 Å². The van der Waals surface area contributed by atoms with Crippen molar-refractivity contribution in [3.8, 4) is 0 Å². The van der Waals surface area contributed by atoms with Crippen molar-refractivity contribution in [2.45, 2.75) is 32.2 Å². The molecule has 1 aromatic rings. The second-order valence-corrected chi connectivity index (χ2v) is 4.35. The average molecular weight is 242 g/mol. The van der Waals surface area contributed by atoms with Gasteiger partial charge >= 0.3 is 0 Å². The molecule has 1 atom stereocenters. The van der Waals surface area contributed by atoms with E-state index in [4.69, 9.17) is 11.6 Å². The van der Waals surface area contributed by atoms with Crippen molar-refractivity contribution in [3.05, 3.63) is 17.0 Å². The van der Waals surface area contributed by atoms with Crippen molar-refractivity contribution in [1.29, 1.82) is 0 Å². The van der Waals surface area contributed by atoms with Gasteiger partial charge in [0, 0.05) is 12.1 Å². The van der Waals surface area contributed by atoms with Gasteiger partial charge in [-0.2, -0.15) is 0 Å². The molecule has 0 amide bonds. The molecule has 1 N–H and O–H groups in total. The number of hydrogen-bond donors (Lipinski definition) is 1. The van der Waals surface area contributed by atoms with Gasteiger partial charge in [-0.15, -0.1) is 0 Å². The minimum Gasteiger partial charge on any atom is -0.394 e. The van der Waals surface area contributed by atoms with Crippen molar-refractivity contribution in [3.63, 3.8) is 0 Å². The zero-order chi connectivity index (χ0) is 11.5. The molecular weight excluding hydrogens is 226 g/mol. The Bertz CT molecular complexity index is 372. The van der Waals surface area contributed by atoms with Crippen molar-refractivity contribution in [2.75, 3.05) is 18.1 Å². The number of anilines is 1. The SMILES string of the molecule is CCc1c(Cl)ncnc1N1CCCC1CO. The van der Waals surface area contributed by atoms with Gasteiger partial charge in [-0.3, -0.25) is 0 Å². The summed E-state index contributed by atoms with van der Waals surface area (Å²) in [5.74, 6) is 0.888.